The number of nitrogens with zero attached hydrogens (tertiary/aromatic N) is 6. The molecule has 0 N–H and O–H groups in total. The number of anilines is 2. The Morgan fingerprint density at radius 1 is 1.18 bits per heavy atom. The number of allylic oxidation sites excluding steroid dienone is 1. The molecule has 0 saturated carbocycles. The summed E-state index contributed by atoms with van der Waals surface area (Å²) >= 11 is 0. The molecular weight excluding hydrogens is 513 g/mol. The van der Waals surface area contributed by atoms with Gasteiger partial charge in [0.25, 0.3) is 0 Å². The minimum absolute atomic E-state index is 0.0575. The first-order valence-corrected chi connectivity index (χ1v) is 12.1. The first-order valence-electron chi connectivity index (χ1n) is 12.1. The molecule has 1 unspecified atom stereocenters. The van der Waals surface area contributed by atoms with Gasteiger partial charge in [0.15, 0.2) is 0 Å². The Hall–Kier alpha value is -4.37. The summed E-state index contributed by atoms with van der Waals surface area (Å²) in [5, 5.41) is 13.8. The van der Waals surface area contributed by atoms with Gasteiger partial charge in [-0.1, -0.05) is 18.2 Å². The summed E-state index contributed by atoms with van der Waals surface area (Å²) in [6, 6.07) is 12.0. The van der Waals surface area contributed by atoms with Gasteiger partial charge in [-0.15, -0.1) is 5.10 Å². The molecule has 0 radical (unpaired) electrons. The predicted molar refractivity (Wildman–Crippen MR) is 137 cm³/mol. The maximum Gasteiger partial charge on any atom is 0.416 e. The summed E-state index contributed by atoms with van der Waals surface area (Å²) < 4.78 is 48.4. The zero-order valence-corrected chi connectivity index (χ0v) is 21.9. The number of carbonyl (C=O) groups excluding carboxylic acids is 1. The number of fused-ring (bicyclic) bond motifs is 1. The molecule has 2 heterocycles. The van der Waals surface area contributed by atoms with E-state index < -0.39 is 29.4 Å². The van der Waals surface area contributed by atoms with Crippen LogP contribution in [0.5, 0.6) is 0 Å². The number of ether oxygens (including phenoxy) is 1. The maximum absolute atomic E-state index is 13.8. The number of hydrogen-bond acceptors (Lipinski definition) is 7. The highest BCUT2D eigenvalue weighted by Crippen LogP contribution is 2.43. The lowest BCUT2D eigenvalue weighted by atomic mass is 9.93. The quantitative estimate of drug-likeness (QED) is 0.417. The molecule has 2 aromatic carbocycles. The van der Waals surface area contributed by atoms with Gasteiger partial charge in [-0.05, 0) is 69.9 Å². The lowest BCUT2D eigenvalue weighted by molar-refractivity contribution is -0.138. The molecule has 4 rings (SSSR count). The Labute approximate surface area is 222 Å². The van der Waals surface area contributed by atoms with E-state index in [1.807, 2.05) is 25.1 Å². The summed E-state index contributed by atoms with van der Waals surface area (Å²) in [6.45, 7) is 2.50. The Kier molecular flexibility index (Phi) is 7.65. The summed E-state index contributed by atoms with van der Waals surface area (Å²) in [5.74, 6) is -0.694. The molecule has 1 aromatic heterocycles. The van der Waals surface area contributed by atoms with Crippen LogP contribution in [0.4, 0.5) is 24.8 Å². The van der Waals surface area contributed by atoms with Gasteiger partial charge in [0, 0.05) is 17.9 Å². The molecule has 1 atom stereocenters. The zero-order chi connectivity index (χ0) is 28.5. The van der Waals surface area contributed by atoms with Crippen molar-refractivity contribution >= 4 is 17.6 Å². The number of halogens is 3. The van der Waals surface area contributed by atoms with Crippen LogP contribution >= 0.6 is 0 Å². The molecule has 39 heavy (non-hydrogen) atoms. The molecule has 3 aromatic rings. The largest absolute Gasteiger partial charge is 0.466 e. The summed E-state index contributed by atoms with van der Waals surface area (Å²) in [6.07, 6.45) is -4.02. The third-order valence-corrected chi connectivity index (χ3v) is 6.48. The van der Waals surface area contributed by atoms with Crippen molar-refractivity contribution in [2.24, 2.45) is 0 Å². The van der Waals surface area contributed by atoms with Crippen molar-refractivity contribution in [3.63, 3.8) is 0 Å². The smallest absolute Gasteiger partial charge is 0.416 e. The minimum Gasteiger partial charge on any atom is -0.466 e. The number of hydrogen-bond donors (Lipinski definition) is 0. The third-order valence-electron chi connectivity index (χ3n) is 6.48. The fourth-order valence-electron chi connectivity index (χ4n) is 4.62. The molecule has 0 amide bonds. The normalized spacial score (nSPS) is 15.4. The standard InChI is InChI=1S/C27H27F3N6O3/c1-17-22(24(37)39-4)23(19-11-9-18(16-31)10-12-19)36-25(32-34(26(36)38)14-6-13-33(2)3)35(17)21-8-5-7-20(15-21)27(28,29)30/h5,7-12,15,23H,6,13-14H2,1-4H3. The van der Waals surface area contributed by atoms with Crippen molar-refractivity contribution in [2.45, 2.75) is 32.1 Å². The highest BCUT2D eigenvalue weighted by atomic mass is 19.4. The monoisotopic (exact) mass is 540 g/mol. The predicted octanol–water partition coefficient (Wildman–Crippen LogP) is 4.08. The topological polar surface area (TPSA) is 96.4 Å². The molecule has 1 aliphatic heterocycles. The van der Waals surface area contributed by atoms with Crippen LogP contribution in [0.15, 0.2) is 64.6 Å². The molecule has 1 aliphatic rings. The highest BCUT2D eigenvalue weighted by Gasteiger charge is 2.41. The maximum atomic E-state index is 13.8. The van der Waals surface area contributed by atoms with Crippen molar-refractivity contribution < 1.29 is 22.7 Å². The Morgan fingerprint density at radius 3 is 2.46 bits per heavy atom. The van der Waals surface area contributed by atoms with E-state index in [1.54, 1.807) is 31.2 Å². The number of carbonyl (C=O) groups is 1. The van der Waals surface area contributed by atoms with Gasteiger partial charge in [0.1, 0.15) is 6.04 Å². The van der Waals surface area contributed by atoms with Crippen LogP contribution in [-0.2, 0) is 22.3 Å². The first-order chi connectivity index (χ1) is 18.5. The molecule has 204 valence electrons. The third kappa shape index (κ3) is 5.31. The number of aromatic nitrogens is 3. The molecule has 0 saturated heterocycles. The number of nitriles is 1. The van der Waals surface area contributed by atoms with Gasteiger partial charge < -0.3 is 9.64 Å². The second-order valence-electron chi connectivity index (χ2n) is 9.34. The van der Waals surface area contributed by atoms with Crippen molar-refractivity contribution in [1.82, 2.24) is 19.2 Å². The SMILES string of the molecule is COC(=O)C1=C(C)N(c2cccc(C(F)(F)F)c2)c2nn(CCCN(C)C)c(=O)n2C1c1ccc(C#N)cc1. The highest BCUT2D eigenvalue weighted by molar-refractivity contribution is 5.93. The van der Waals surface area contributed by atoms with E-state index in [2.05, 4.69) is 5.10 Å². The zero-order valence-electron chi connectivity index (χ0n) is 21.9. The number of aryl methyl sites for hydroxylation is 1. The van der Waals surface area contributed by atoms with E-state index in [1.165, 1.54) is 33.4 Å². The number of benzene rings is 2. The van der Waals surface area contributed by atoms with Crippen LogP contribution in [0.3, 0.4) is 0 Å². The van der Waals surface area contributed by atoms with E-state index >= 15 is 0 Å². The van der Waals surface area contributed by atoms with Crippen LogP contribution < -0.4 is 10.6 Å². The molecule has 0 aliphatic carbocycles. The summed E-state index contributed by atoms with van der Waals surface area (Å²) in [4.78, 5) is 30.3. The number of alkyl halides is 3. The fourth-order valence-corrected chi connectivity index (χ4v) is 4.62. The second kappa shape index (κ2) is 10.8. The van der Waals surface area contributed by atoms with Gasteiger partial charge in [-0.3, -0.25) is 4.90 Å². The Morgan fingerprint density at radius 2 is 1.87 bits per heavy atom. The van der Waals surface area contributed by atoms with Gasteiger partial charge >= 0.3 is 17.8 Å². The van der Waals surface area contributed by atoms with Gasteiger partial charge in [0.2, 0.25) is 5.95 Å². The molecule has 0 bridgehead atoms. The molecule has 12 heteroatoms. The van der Waals surface area contributed by atoms with E-state index in [-0.39, 0.29) is 29.5 Å². The van der Waals surface area contributed by atoms with Crippen molar-refractivity contribution in [3.05, 3.63) is 87.0 Å². The van der Waals surface area contributed by atoms with Crippen LogP contribution in [0, 0.1) is 11.3 Å². The van der Waals surface area contributed by atoms with Crippen molar-refractivity contribution in [3.8, 4) is 6.07 Å². The average molecular weight is 541 g/mol. The molecular formula is C27H27F3N6O3. The molecule has 0 fully saturated rings. The van der Waals surface area contributed by atoms with Gasteiger partial charge in [-0.25, -0.2) is 18.8 Å². The number of methoxy groups -OCH3 is 1. The van der Waals surface area contributed by atoms with Crippen LogP contribution in [0.2, 0.25) is 0 Å². The Balaban J connectivity index is 1.99. The molecule has 0 spiro atoms. The van der Waals surface area contributed by atoms with E-state index in [9.17, 15) is 28.0 Å². The molecule has 9 nitrogen and oxygen atoms in total. The van der Waals surface area contributed by atoms with Crippen LogP contribution in [0.1, 0.15) is 36.1 Å². The summed E-state index contributed by atoms with van der Waals surface area (Å²) in [5.41, 5.74) is -0.143. The average Bonchev–Trinajstić information content (AvgIpc) is 3.22. The van der Waals surface area contributed by atoms with E-state index in [0.717, 1.165) is 12.1 Å². The second-order valence-corrected chi connectivity index (χ2v) is 9.34. The van der Waals surface area contributed by atoms with E-state index in [0.29, 0.717) is 24.1 Å². The van der Waals surface area contributed by atoms with Gasteiger partial charge in [-0.2, -0.15) is 18.4 Å². The van der Waals surface area contributed by atoms with Gasteiger partial charge in [0.05, 0.1) is 29.9 Å². The van der Waals surface area contributed by atoms with Crippen LogP contribution in [0.25, 0.3) is 0 Å². The van der Waals surface area contributed by atoms with Crippen LogP contribution in [-0.4, -0.2) is 53.0 Å². The Bertz CT molecular complexity index is 1510. The lowest BCUT2D eigenvalue weighted by Crippen LogP contribution is -2.38. The lowest BCUT2D eigenvalue weighted by Gasteiger charge is -2.35. The fraction of sp³-hybridized carbons (Fsp3) is 0.333. The van der Waals surface area contributed by atoms with Crippen molar-refractivity contribution in [2.75, 3.05) is 32.6 Å². The number of esters is 1. The van der Waals surface area contributed by atoms with E-state index in [4.69, 9.17) is 4.74 Å². The first kappa shape index (κ1) is 27.7. The van der Waals surface area contributed by atoms with Crippen molar-refractivity contribution in [1.29, 1.82) is 5.26 Å². The number of rotatable bonds is 7. The summed E-state index contributed by atoms with van der Waals surface area (Å²) in [7, 11) is 4.98. The minimum atomic E-state index is -4.61.